The van der Waals surface area contributed by atoms with Crippen LogP contribution < -0.4 is 14.8 Å². The predicted molar refractivity (Wildman–Crippen MR) is 99.9 cm³/mol. The molecule has 2 N–H and O–H groups in total. The molecule has 0 saturated heterocycles. The summed E-state index contributed by atoms with van der Waals surface area (Å²) in [6.07, 6.45) is 2.56. The first kappa shape index (κ1) is 17.9. The fourth-order valence-corrected chi connectivity index (χ4v) is 3.03. The average Bonchev–Trinajstić information content (AvgIpc) is 2.65. The summed E-state index contributed by atoms with van der Waals surface area (Å²) < 4.78 is 11.0. The van der Waals surface area contributed by atoms with Crippen LogP contribution in [0.15, 0.2) is 53.4 Å². The number of hydrogen-bond donors (Lipinski definition) is 2. The zero-order valence-electron chi connectivity index (χ0n) is 13.8. The highest BCUT2D eigenvalue weighted by atomic mass is 32.2. The fraction of sp³-hybridized carbons (Fsp3) is 0.158. The van der Waals surface area contributed by atoms with Crippen molar-refractivity contribution in [1.29, 1.82) is 0 Å². The molecule has 0 bridgehead atoms. The Balaban J connectivity index is 1.52. The summed E-state index contributed by atoms with van der Waals surface area (Å²) in [5.41, 5.74) is 1.40. The van der Waals surface area contributed by atoms with Crippen molar-refractivity contribution in [3.05, 3.63) is 54.1 Å². The van der Waals surface area contributed by atoms with Gasteiger partial charge in [-0.05, 0) is 42.0 Å². The Morgan fingerprint density at radius 3 is 2.54 bits per heavy atom. The number of carbonyl (C=O) groups is 2. The Hall–Kier alpha value is -2.93. The molecule has 1 heterocycles. The fourth-order valence-electron chi connectivity index (χ4n) is 2.30. The summed E-state index contributed by atoms with van der Waals surface area (Å²) in [7, 11) is 0. The molecule has 0 aliphatic carbocycles. The topological polar surface area (TPSA) is 84.9 Å². The third kappa shape index (κ3) is 5.03. The van der Waals surface area contributed by atoms with Gasteiger partial charge in [0.25, 0.3) is 0 Å². The van der Waals surface area contributed by atoms with Crippen molar-refractivity contribution in [2.24, 2.45) is 0 Å². The number of nitrogens with one attached hydrogen (secondary N) is 1. The highest BCUT2D eigenvalue weighted by Crippen LogP contribution is 2.34. The monoisotopic (exact) mass is 371 g/mol. The second-order valence-corrected chi connectivity index (χ2v) is 6.48. The van der Waals surface area contributed by atoms with Crippen LogP contribution in [0.1, 0.15) is 5.56 Å². The van der Waals surface area contributed by atoms with Gasteiger partial charge in [0.2, 0.25) is 5.91 Å². The largest absolute Gasteiger partial charge is 0.486 e. The Labute approximate surface area is 154 Å². The maximum Gasteiger partial charge on any atom is 0.328 e. The molecule has 0 spiro atoms. The Bertz CT molecular complexity index is 832. The summed E-state index contributed by atoms with van der Waals surface area (Å²) in [4.78, 5) is 23.5. The molecule has 2 aromatic rings. The normalized spacial score (nSPS) is 12.8. The van der Waals surface area contributed by atoms with Crippen molar-refractivity contribution in [3.63, 3.8) is 0 Å². The SMILES string of the molecule is O=C(O)C=Cc1ccc(NC(=O)CSc2ccc3c(c2)OCCO3)cc1. The van der Waals surface area contributed by atoms with Gasteiger partial charge in [-0.25, -0.2) is 4.79 Å². The number of carboxylic acids is 1. The van der Waals surface area contributed by atoms with Gasteiger partial charge < -0.3 is 19.9 Å². The molecule has 0 fully saturated rings. The van der Waals surface area contributed by atoms with E-state index in [1.54, 1.807) is 24.3 Å². The minimum atomic E-state index is -1.00. The first-order valence-corrected chi connectivity index (χ1v) is 8.92. The van der Waals surface area contributed by atoms with Gasteiger partial charge in [-0.2, -0.15) is 0 Å². The number of hydrogen-bond acceptors (Lipinski definition) is 5. The molecule has 26 heavy (non-hydrogen) atoms. The average molecular weight is 371 g/mol. The predicted octanol–water partition coefficient (Wildman–Crippen LogP) is 3.29. The van der Waals surface area contributed by atoms with Crippen LogP contribution in [0.4, 0.5) is 5.69 Å². The van der Waals surface area contributed by atoms with E-state index in [9.17, 15) is 9.59 Å². The number of rotatable bonds is 6. The second kappa shape index (κ2) is 8.44. The molecule has 1 aliphatic heterocycles. The van der Waals surface area contributed by atoms with Crippen LogP contribution in [0.5, 0.6) is 11.5 Å². The number of fused-ring (bicyclic) bond motifs is 1. The lowest BCUT2D eigenvalue weighted by Gasteiger charge is -2.18. The van der Waals surface area contributed by atoms with Gasteiger partial charge in [0, 0.05) is 16.7 Å². The van der Waals surface area contributed by atoms with E-state index in [1.807, 2.05) is 18.2 Å². The maximum atomic E-state index is 12.1. The number of ether oxygens (including phenoxy) is 2. The van der Waals surface area contributed by atoms with Gasteiger partial charge in [0.05, 0.1) is 5.75 Å². The standard InChI is InChI=1S/C19H17NO5S/c21-18(20-14-4-1-13(2-5-14)3-8-19(22)23)12-26-15-6-7-16-17(11-15)25-10-9-24-16/h1-8,11H,9-10,12H2,(H,20,21)(H,22,23). The lowest BCUT2D eigenvalue weighted by molar-refractivity contribution is -0.131. The van der Waals surface area contributed by atoms with Crippen molar-refractivity contribution in [1.82, 2.24) is 0 Å². The van der Waals surface area contributed by atoms with Crippen LogP contribution in [0.25, 0.3) is 6.08 Å². The quantitative estimate of drug-likeness (QED) is 0.599. The molecule has 1 aliphatic rings. The van der Waals surface area contributed by atoms with E-state index < -0.39 is 5.97 Å². The molecular formula is C19H17NO5S. The van der Waals surface area contributed by atoms with E-state index in [0.29, 0.717) is 24.7 Å². The van der Waals surface area contributed by atoms with Gasteiger partial charge in [0.15, 0.2) is 11.5 Å². The molecule has 134 valence electrons. The summed E-state index contributed by atoms with van der Waals surface area (Å²) >= 11 is 1.41. The van der Waals surface area contributed by atoms with E-state index >= 15 is 0 Å². The van der Waals surface area contributed by atoms with Crippen LogP contribution in [-0.4, -0.2) is 35.9 Å². The number of thioether (sulfide) groups is 1. The first-order chi connectivity index (χ1) is 12.6. The number of aliphatic carboxylic acids is 1. The van der Waals surface area contributed by atoms with E-state index in [0.717, 1.165) is 22.3 Å². The molecule has 0 radical (unpaired) electrons. The molecule has 0 atom stereocenters. The van der Waals surface area contributed by atoms with Crippen LogP contribution in [0.2, 0.25) is 0 Å². The summed E-state index contributed by atoms with van der Waals surface area (Å²) in [6.45, 7) is 1.08. The number of benzene rings is 2. The zero-order valence-corrected chi connectivity index (χ0v) is 14.6. The number of carboxylic acid groups (broad SMARTS) is 1. The molecule has 2 aromatic carbocycles. The van der Waals surface area contributed by atoms with Crippen molar-refractivity contribution in [2.45, 2.75) is 4.90 Å². The van der Waals surface area contributed by atoms with E-state index in [1.165, 1.54) is 17.8 Å². The molecule has 0 saturated carbocycles. The van der Waals surface area contributed by atoms with Gasteiger partial charge in [-0.15, -0.1) is 11.8 Å². The van der Waals surface area contributed by atoms with Crippen LogP contribution in [0, 0.1) is 0 Å². The number of anilines is 1. The highest BCUT2D eigenvalue weighted by Gasteiger charge is 2.12. The summed E-state index contributed by atoms with van der Waals surface area (Å²) in [5, 5.41) is 11.4. The number of amides is 1. The van der Waals surface area contributed by atoms with Crippen molar-refractivity contribution >= 4 is 35.4 Å². The molecular weight excluding hydrogens is 354 g/mol. The van der Waals surface area contributed by atoms with E-state index in [2.05, 4.69) is 5.32 Å². The van der Waals surface area contributed by atoms with Gasteiger partial charge >= 0.3 is 5.97 Å². The Kier molecular flexibility index (Phi) is 5.80. The minimum absolute atomic E-state index is 0.126. The smallest absolute Gasteiger partial charge is 0.328 e. The zero-order chi connectivity index (χ0) is 18.4. The van der Waals surface area contributed by atoms with Crippen LogP contribution in [0.3, 0.4) is 0 Å². The van der Waals surface area contributed by atoms with Gasteiger partial charge in [-0.1, -0.05) is 12.1 Å². The molecule has 3 rings (SSSR count). The Morgan fingerprint density at radius 2 is 1.81 bits per heavy atom. The summed E-state index contributed by atoms with van der Waals surface area (Å²) in [6, 6.07) is 12.6. The third-order valence-electron chi connectivity index (χ3n) is 3.50. The molecule has 6 nitrogen and oxygen atoms in total. The first-order valence-electron chi connectivity index (χ1n) is 7.93. The number of carbonyl (C=O) groups excluding carboxylic acids is 1. The Morgan fingerprint density at radius 1 is 1.08 bits per heavy atom. The lowest BCUT2D eigenvalue weighted by Crippen LogP contribution is -2.15. The molecule has 1 amide bonds. The molecule has 7 heteroatoms. The van der Waals surface area contributed by atoms with Gasteiger partial charge in [0.1, 0.15) is 13.2 Å². The van der Waals surface area contributed by atoms with E-state index in [-0.39, 0.29) is 11.7 Å². The molecule has 0 aromatic heterocycles. The van der Waals surface area contributed by atoms with Crippen molar-refractivity contribution in [3.8, 4) is 11.5 Å². The van der Waals surface area contributed by atoms with Crippen LogP contribution >= 0.6 is 11.8 Å². The maximum absolute atomic E-state index is 12.1. The van der Waals surface area contributed by atoms with Crippen molar-refractivity contribution in [2.75, 3.05) is 24.3 Å². The summed E-state index contributed by atoms with van der Waals surface area (Å²) in [5.74, 6) is 0.561. The van der Waals surface area contributed by atoms with E-state index in [4.69, 9.17) is 14.6 Å². The van der Waals surface area contributed by atoms with Gasteiger partial charge in [-0.3, -0.25) is 4.79 Å². The molecule has 0 unspecified atom stereocenters. The van der Waals surface area contributed by atoms with Crippen LogP contribution in [-0.2, 0) is 9.59 Å². The second-order valence-electron chi connectivity index (χ2n) is 5.44. The lowest BCUT2D eigenvalue weighted by atomic mass is 10.2. The third-order valence-corrected chi connectivity index (χ3v) is 4.49. The highest BCUT2D eigenvalue weighted by molar-refractivity contribution is 8.00. The minimum Gasteiger partial charge on any atom is -0.486 e. The van der Waals surface area contributed by atoms with Crippen molar-refractivity contribution < 1.29 is 24.2 Å².